The number of hydrogen-bond acceptors (Lipinski definition) is 4. The van der Waals surface area contributed by atoms with Crippen LogP contribution in [0.25, 0.3) is 0 Å². The van der Waals surface area contributed by atoms with E-state index >= 15 is 0 Å². The van der Waals surface area contributed by atoms with Crippen molar-refractivity contribution in [3.63, 3.8) is 0 Å². The summed E-state index contributed by atoms with van der Waals surface area (Å²) in [5, 5.41) is 18.4. The predicted molar refractivity (Wildman–Crippen MR) is 77.3 cm³/mol. The fraction of sp³-hybridized carbons (Fsp3) is 0.133. The standard InChI is InChI=1S/C8H8O3.C7H7ClO/c1-11-8(10)6-2-4-7(9)5-3-6;1-5-4-6(9)2-3-7(5)8/h2-5,9H,1H3;2-4,9H,1H3. The maximum Gasteiger partial charge on any atom is 0.337 e. The summed E-state index contributed by atoms with van der Waals surface area (Å²) in [5.41, 5.74) is 1.34. The third-order valence-electron chi connectivity index (χ3n) is 2.43. The van der Waals surface area contributed by atoms with Crippen molar-refractivity contribution in [2.45, 2.75) is 6.92 Å². The molecule has 0 radical (unpaired) electrons. The van der Waals surface area contributed by atoms with Crippen molar-refractivity contribution in [2.75, 3.05) is 7.11 Å². The lowest BCUT2D eigenvalue weighted by molar-refractivity contribution is 0.0600. The molecule has 0 aliphatic rings. The number of ether oxygens (including phenoxy) is 1. The van der Waals surface area contributed by atoms with Crippen LogP contribution in [0.15, 0.2) is 42.5 Å². The number of rotatable bonds is 1. The molecule has 0 saturated heterocycles. The van der Waals surface area contributed by atoms with Gasteiger partial charge in [0.1, 0.15) is 11.5 Å². The first-order valence-corrected chi connectivity index (χ1v) is 6.14. The highest BCUT2D eigenvalue weighted by molar-refractivity contribution is 6.31. The fourth-order valence-electron chi connectivity index (χ4n) is 1.34. The Hall–Kier alpha value is -2.20. The van der Waals surface area contributed by atoms with Crippen LogP contribution in [-0.2, 0) is 4.74 Å². The summed E-state index contributed by atoms with van der Waals surface area (Å²) in [6.45, 7) is 1.85. The van der Waals surface area contributed by atoms with Crippen LogP contribution >= 0.6 is 11.6 Å². The van der Waals surface area contributed by atoms with Crippen LogP contribution in [0.3, 0.4) is 0 Å². The molecule has 0 heterocycles. The zero-order chi connectivity index (χ0) is 15.1. The Morgan fingerprint density at radius 1 is 1.05 bits per heavy atom. The van der Waals surface area contributed by atoms with Gasteiger partial charge in [0.25, 0.3) is 0 Å². The molecule has 0 unspecified atom stereocenters. The van der Waals surface area contributed by atoms with Crippen molar-refractivity contribution in [1.29, 1.82) is 0 Å². The van der Waals surface area contributed by atoms with Crippen molar-refractivity contribution in [2.24, 2.45) is 0 Å². The number of esters is 1. The van der Waals surface area contributed by atoms with Crippen molar-refractivity contribution in [1.82, 2.24) is 0 Å². The van der Waals surface area contributed by atoms with Crippen LogP contribution in [0, 0.1) is 6.92 Å². The summed E-state index contributed by atoms with van der Waals surface area (Å²) < 4.78 is 4.46. The molecule has 4 nitrogen and oxygen atoms in total. The number of carbonyl (C=O) groups is 1. The number of carbonyl (C=O) groups excluding carboxylic acids is 1. The highest BCUT2D eigenvalue weighted by Gasteiger charge is 2.02. The molecule has 5 heteroatoms. The Morgan fingerprint density at radius 3 is 2.05 bits per heavy atom. The lowest BCUT2D eigenvalue weighted by Gasteiger charge is -1.97. The number of aryl methyl sites for hydroxylation is 1. The molecule has 0 atom stereocenters. The zero-order valence-electron chi connectivity index (χ0n) is 11.1. The van der Waals surface area contributed by atoms with Gasteiger partial charge in [0.2, 0.25) is 0 Å². The number of phenols is 2. The number of methoxy groups -OCH3 is 1. The number of aromatic hydroxyl groups is 2. The first-order valence-electron chi connectivity index (χ1n) is 5.76. The van der Waals surface area contributed by atoms with Crippen LogP contribution in [0.2, 0.25) is 5.02 Å². The molecule has 2 rings (SSSR count). The maximum atomic E-state index is 10.8. The molecule has 0 aromatic heterocycles. The molecule has 0 saturated carbocycles. The average Bonchev–Trinajstić information content (AvgIpc) is 2.44. The second-order valence-corrected chi connectivity index (χ2v) is 4.38. The molecule has 0 bridgehead atoms. The first kappa shape index (κ1) is 15.9. The molecule has 0 aliphatic carbocycles. The van der Waals surface area contributed by atoms with Gasteiger partial charge in [-0.1, -0.05) is 11.6 Å². The van der Waals surface area contributed by atoms with Gasteiger partial charge in [-0.15, -0.1) is 0 Å². The predicted octanol–water partition coefficient (Wildman–Crippen LogP) is 3.53. The highest BCUT2D eigenvalue weighted by Crippen LogP contribution is 2.19. The summed E-state index contributed by atoms with van der Waals surface area (Å²) in [5.74, 6) is -0.000414. The summed E-state index contributed by atoms with van der Waals surface area (Å²) in [7, 11) is 1.31. The third-order valence-corrected chi connectivity index (χ3v) is 2.85. The molecule has 106 valence electrons. The van der Waals surface area contributed by atoms with Gasteiger partial charge in [-0.25, -0.2) is 4.79 Å². The lowest BCUT2D eigenvalue weighted by atomic mass is 10.2. The van der Waals surface area contributed by atoms with E-state index in [2.05, 4.69) is 4.74 Å². The average molecular weight is 295 g/mol. The van der Waals surface area contributed by atoms with Crippen LogP contribution < -0.4 is 0 Å². The number of halogens is 1. The molecule has 2 N–H and O–H groups in total. The van der Waals surface area contributed by atoms with Crippen molar-refractivity contribution in [3.8, 4) is 11.5 Å². The van der Waals surface area contributed by atoms with Crippen LogP contribution in [0.5, 0.6) is 11.5 Å². The Kier molecular flexibility index (Phi) is 5.87. The first-order chi connectivity index (χ1) is 9.43. The van der Waals surface area contributed by atoms with Crippen molar-refractivity contribution < 1.29 is 19.7 Å². The zero-order valence-corrected chi connectivity index (χ0v) is 11.9. The van der Waals surface area contributed by atoms with Gasteiger partial charge in [0, 0.05) is 5.02 Å². The molecule has 0 aliphatic heterocycles. The number of hydrogen-bond donors (Lipinski definition) is 2. The molecule has 2 aromatic carbocycles. The van der Waals surface area contributed by atoms with Crippen LogP contribution in [-0.4, -0.2) is 23.3 Å². The molecule has 0 amide bonds. The second kappa shape index (κ2) is 7.40. The molecular weight excluding hydrogens is 280 g/mol. The smallest absolute Gasteiger partial charge is 0.337 e. The third kappa shape index (κ3) is 4.82. The quantitative estimate of drug-likeness (QED) is 0.790. The van der Waals surface area contributed by atoms with E-state index in [0.29, 0.717) is 10.6 Å². The summed E-state index contributed by atoms with van der Waals surface area (Å²) >= 11 is 5.67. The Labute approximate surface area is 122 Å². The normalized spacial score (nSPS) is 9.35. The number of benzene rings is 2. The van der Waals surface area contributed by atoms with E-state index < -0.39 is 5.97 Å². The minimum Gasteiger partial charge on any atom is -0.508 e. The highest BCUT2D eigenvalue weighted by atomic mass is 35.5. The van der Waals surface area contributed by atoms with E-state index in [1.165, 1.54) is 31.4 Å². The van der Waals surface area contributed by atoms with E-state index in [9.17, 15) is 4.79 Å². The Balaban J connectivity index is 0.000000204. The van der Waals surface area contributed by atoms with Gasteiger partial charge < -0.3 is 14.9 Å². The van der Waals surface area contributed by atoms with E-state index in [0.717, 1.165) is 5.56 Å². The van der Waals surface area contributed by atoms with Crippen molar-refractivity contribution >= 4 is 17.6 Å². The van der Waals surface area contributed by atoms with Gasteiger partial charge >= 0.3 is 5.97 Å². The van der Waals surface area contributed by atoms with Gasteiger partial charge in [-0.05, 0) is 55.0 Å². The molecule has 0 fully saturated rings. The van der Waals surface area contributed by atoms with E-state index in [-0.39, 0.29) is 11.5 Å². The monoisotopic (exact) mass is 294 g/mol. The largest absolute Gasteiger partial charge is 0.508 e. The van der Waals surface area contributed by atoms with Crippen molar-refractivity contribution in [3.05, 3.63) is 58.6 Å². The summed E-state index contributed by atoms with van der Waals surface area (Å²) in [6.07, 6.45) is 0. The fourth-order valence-corrected chi connectivity index (χ4v) is 1.46. The maximum absolute atomic E-state index is 10.8. The molecule has 0 spiro atoms. The molecule has 2 aromatic rings. The minimum atomic E-state index is -0.398. The van der Waals surface area contributed by atoms with Gasteiger partial charge in [-0.2, -0.15) is 0 Å². The lowest BCUT2D eigenvalue weighted by Crippen LogP contribution is -1.99. The number of phenolic OH excluding ortho intramolecular Hbond substituents is 2. The van der Waals surface area contributed by atoms with E-state index in [4.69, 9.17) is 21.8 Å². The van der Waals surface area contributed by atoms with E-state index in [1.54, 1.807) is 18.2 Å². The minimum absolute atomic E-state index is 0.137. The summed E-state index contributed by atoms with van der Waals surface area (Å²) in [6, 6.07) is 10.7. The van der Waals surface area contributed by atoms with E-state index in [1.807, 2.05) is 6.92 Å². The molecular formula is C15H15ClO4. The van der Waals surface area contributed by atoms with Crippen LogP contribution in [0.1, 0.15) is 15.9 Å². The Bertz CT molecular complexity index is 579. The molecule has 20 heavy (non-hydrogen) atoms. The van der Waals surface area contributed by atoms with Gasteiger partial charge in [0.15, 0.2) is 0 Å². The second-order valence-electron chi connectivity index (χ2n) is 3.97. The summed E-state index contributed by atoms with van der Waals surface area (Å²) in [4.78, 5) is 10.8. The van der Waals surface area contributed by atoms with Gasteiger partial charge in [0.05, 0.1) is 12.7 Å². The van der Waals surface area contributed by atoms with Gasteiger partial charge in [-0.3, -0.25) is 0 Å². The topological polar surface area (TPSA) is 66.8 Å². The van der Waals surface area contributed by atoms with Crippen LogP contribution in [0.4, 0.5) is 0 Å². The Morgan fingerprint density at radius 2 is 1.60 bits per heavy atom. The SMILES string of the molecule is COC(=O)c1ccc(O)cc1.Cc1cc(O)ccc1Cl.